The monoisotopic (exact) mass is 733 g/mol. The number of nitrogens with zero attached hydrogens (tertiary/aromatic N) is 3. The van der Waals surface area contributed by atoms with Crippen molar-refractivity contribution in [2.45, 2.75) is 0 Å². The maximum atomic E-state index is 6.48. The molecule has 0 aliphatic carbocycles. The van der Waals surface area contributed by atoms with Gasteiger partial charge in [0, 0.05) is 53.2 Å². The molecule has 0 unspecified atom stereocenters. The molecule has 5 heteroatoms. The Morgan fingerprint density at radius 1 is 0.339 bits per heavy atom. The molecule has 0 saturated carbocycles. The van der Waals surface area contributed by atoms with Crippen LogP contribution in [0.15, 0.2) is 192 Å². The van der Waals surface area contributed by atoms with Crippen molar-refractivity contribution in [3.8, 4) is 67.5 Å². The molecule has 3 heterocycles. The number of para-hydroxylation sites is 1. The molecule has 262 valence electrons. The lowest BCUT2D eigenvalue weighted by molar-refractivity contribution is 0.670. The smallest absolute Gasteiger partial charge is 0.165 e. The Morgan fingerprint density at radius 3 is 1.75 bits per heavy atom. The highest BCUT2D eigenvalue weighted by Crippen LogP contribution is 2.43. The van der Waals surface area contributed by atoms with Gasteiger partial charge in [0.1, 0.15) is 11.2 Å². The molecular weight excluding hydrogens is 703 g/mol. The van der Waals surface area contributed by atoms with E-state index >= 15 is 0 Å². The predicted molar refractivity (Wildman–Crippen MR) is 233 cm³/mol. The fourth-order valence-corrected chi connectivity index (χ4v) is 9.04. The van der Waals surface area contributed by atoms with E-state index in [2.05, 4.69) is 152 Å². The van der Waals surface area contributed by atoms with E-state index in [9.17, 15) is 0 Å². The lowest BCUT2D eigenvalue weighted by Crippen LogP contribution is -2.00. The van der Waals surface area contributed by atoms with Gasteiger partial charge in [0.15, 0.2) is 17.5 Å². The van der Waals surface area contributed by atoms with Crippen LogP contribution in [0.3, 0.4) is 0 Å². The largest absolute Gasteiger partial charge is 0.455 e. The summed E-state index contributed by atoms with van der Waals surface area (Å²) in [7, 11) is 0. The van der Waals surface area contributed by atoms with Gasteiger partial charge in [-0.3, -0.25) is 0 Å². The van der Waals surface area contributed by atoms with Crippen molar-refractivity contribution in [3.63, 3.8) is 0 Å². The van der Waals surface area contributed by atoms with Crippen molar-refractivity contribution in [1.29, 1.82) is 0 Å². The molecule has 0 bridgehead atoms. The summed E-state index contributed by atoms with van der Waals surface area (Å²) in [6.45, 7) is 0. The van der Waals surface area contributed by atoms with E-state index in [0.29, 0.717) is 17.5 Å². The Labute approximate surface area is 327 Å². The molecule has 0 aliphatic heterocycles. The van der Waals surface area contributed by atoms with E-state index in [4.69, 9.17) is 19.4 Å². The molecule has 0 fully saturated rings. The fourth-order valence-electron chi connectivity index (χ4n) is 7.79. The molecular formula is C51H31N3OS. The first-order chi connectivity index (χ1) is 27.7. The maximum Gasteiger partial charge on any atom is 0.165 e. The van der Waals surface area contributed by atoms with Crippen LogP contribution in [0.25, 0.3) is 110 Å². The number of aromatic nitrogens is 3. The van der Waals surface area contributed by atoms with E-state index in [0.717, 1.165) is 76.7 Å². The zero-order valence-corrected chi connectivity index (χ0v) is 30.9. The Morgan fingerprint density at radius 2 is 0.946 bits per heavy atom. The minimum atomic E-state index is 0.642. The number of hydrogen-bond donors (Lipinski definition) is 0. The highest BCUT2D eigenvalue weighted by Gasteiger charge is 2.19. The lowest BCUT2D eigenvalue weighted by Gasteiger charge is -2.10. The standard InChI is InChI=1S/C51H31N3OS/c1-4-14-32(15-5-1)35-20-12-21-37(28-35)50-52-49(34-18-8-3-9-19-34)53-51(54-50)42-24-13-23-41-40-27-26-36(31-46(40)56-48(41)42)38-29-43(33-16-6-2-7-17-33)47-44(30-38)39-22-10-11-25-45(39)55-47/h1-31H. The number of rotatable bonds is 6. The highest BCUT2D eigenvalue weighted by molar-refractivity contribution is 7.26. The lowest BCUT2D eigenvalue weighted by atomic mass is 9.95. The number of thiophene rings is 1. The van der Waals surface area contributed by atoms with Crippen LogP contribution >= 0.6 is 11.3 Å². The van der Waals surface area contributed by atoms with Gasteiger partial charge in [-0.05, 0) is 64.2 Å². The molecule has 0 N–H and O–H groups in total. The third-order valence-corrected chi connectivity index (χ3v) is 11.7. The second-order valence-corrected chi connectivity index (χ2v) is 15.0. The molecule has 0 amide bonds. The van der Waals surface area contributed by atoms with E-state index < -0.39 is 0 Å². The summed E-state index contributed by atoms with van der Waals surface area (Å²) in [4.78, 5) is 15.4. The Balaban J connectivity index is 1.07. The summed E-state index contributed by atoms with van der Waals surface area (Å²) in [5.74, 6) is 1.94. The van der Waals surface area contributed by atoms with Gasteiger partial charge in [-0.15, -0.1) is 11.3 Å². The Kier molecular flexibility index (Phi) is 7.64. The minimum absolute atomic E-state index is 0.642. The average molecular weight is 734 g/mol. The van der Waals surface area contributed by atoms with Crippen molar-refractivity contribution in [1.82, 2.24) is 15.0 Å². The molecule has 0 spiro atoms. The molecule has 0 atom stereocenters. The molecule has 11 rings (SSSR count). The average Bonchev–Trinajstić information content (AvgIpc) is 3.85. The number of hydrogen-bond acceptors (Lipinski definition) is 5. The van der Waals surface area contributed by atoms with Crippen LogP contribution in [-0.2, 0) is 0 Å². The minimum Gasteiger partial charge on any atom is -0.455 e. The van der Waals surface area contributed by atoms with Crippen molar-refractivity contribution in [3.05, 3.63) is 188 Å². The summed E-state index contributed by atoms with van der Waals surface area (Å²) >= 11 is 1.78. The fraction of sp³-hybridized carbons (Fsp3) is 0. The van der Waals surface area contributed by atoms with Gasteiger partial charge >= 0.3 is 0 Å². The van der Waals surface area contributed by atoms with Crippen LogP contribution in [0, 0.1) is 0 Å². The molecule has 11 aromatic rings. The molecule has 8 aromatic carbocycles. The molecule has 3 aromatic heterocycles. The van der Waals surface area contributed by atoms with Gasteiger partial charge in [-0.25, -0.2) is 15.0 Å². The molecule has 56 heavy (non-hydrogen) atoms. The van der Waals surface area contributed by atoms with Gasteiger partial charge in [-0.1, -0.05) is 152 Å². The van der Waals surface area contributed by atoms with Gasteiger partial charge in [0.05, 0.1) is 0 Å². The summed E-state index contributed by atoms with van der Waals surface area (Å²) in [6, 6.07) is 65.7. The van der Waals surface area contributed by atoms with Crippen LogP contribution < -0.4 is 0 Å². The second kappa shape index (κ2) is 13.3. The summed E-state index contributed by atoms with van der Waals surface area (Å²) in [5, 5.41) is 4.63. The van der Waals surface area contributed by atoms with Crippen LogP contribution in [0.5, 0.6) is 0 Å². The van der Waals surface area contributed by atoms with Crippen LogP contribution in [0.4, 0.5) is 0 Å². The summed E-state index contributed by atoms with van der Waals surface area (Å²) < 4.78 is 8.83. The van der Waals surface area contributed by atoms with Crippen LogP contribution in [0.2, 0.25) is 0 Å². The predicted octanol–water partition coefficient (Wildman–Crippen LogP) is 14.1. The Bertz CT molecular complexity index is 3240. The van der Waals surface area contributed by atoms with E-state index in [1.165, 1.54) is 15.5 Å². The number of benzene rings is 8. The molecule has 0 radical (unpaired) electrons. The molecule has 4 nitrogen and oxygen atoms in total. The van der Waals surface area contributed by atoms with Crippen molar-refractivity contribution >= 4 is 53.4 Å². The SMILES string of the molecule is c1ccc(-c2cccc(-c3nc(-c4ccccc4)nc(-c4cccc5c4sc4cc(-c6cc(-c7ccccc7)c7oc8ccccc8c7c6)ccc45)n3)c2)cc1. The third kappa shape index (κ3) is 5.56. The summed E-state index contributed by atoms with van der Waals surface area (Å²) in [6.07, 6.45) is 0. The topological polar surface area (TPSA) is 51.8 Å². The van der Waals surface area contributed by atoms with Crippen molar-refractivity contribution in [2.75, 3.05) is 0 Å². The Hall–Kier alpha value is -7.21. The van der Waals surface area contributed by atoms with Crippen molar-refractivity contribution < 1.29 is 4.42 Å². The van der Waals surface area contributed by atoms with Gasteiger partial charge in [-0.2, -0.15) is 0 Å². The summed E-state index contributed by atoms with van der Waals surface area (Å²) in [5.41, 5.74) is 11.5. The van der Waals surface area contributed by atoms with E-state index in [1.54, 1.807) is 11.3 Å². The van der Waals surface area contributed by atoms with E-state index in [-0.39, 0.29) is 0 Å². The maximum absolute atomic E-state index is 6.48. The zero-order valence-electron chi connectivity index (χ0n) is 30.1. The molecule has 0 saturated heterocycles. The van der Waals surface area contributed by atoms with E-state index in [1.807, 2.05) is 36.4 Å². The van der Waals surface area contributed by atoms with Gasteiger partial charge in [0.25, 0.3) is 0 Å². The van der Waals surface area contributed by atoms with Gasteiger partial charge < -0.3 is 4.42 Å². The second-order valence-electron chi connectivity index (χ2n) is 14.0. The normalized spacial score (nSPS) is 11.6. The first kappa shape index (κ1) is 32.2. The van der Waals surface area contributed by atoms with Crippen LogP contribution in [0.1, 0.15) is 0 Å². The zero-order chi connectivity index (χ0) is 37.0. The molecule has 0 aliphatic rings. The van der Waals surface area contributed by atoms with Crippen molar-refractivity contribution in [2.24, 2.45) is 0 Å². The number of fused-ring (bicyclic) bond motifs is 6. The quantitative estimate of drug-likeness (QED) is 0.171. The van der Waals surface area contributed by atoms with Crippen LogP contribution in [-0.4, -0.2) is 15.0 Å². The third-order valence-electron chi connectivity index (χ3n) is 10.5. The number of furan rings is 1. The first-order valence-corrected chi connectivity index (χ1v) is 19.5. The van der Waals surface area contributed by atoms with Gasteiger partial charge in [0.2, 0.25) is 0 Å². The highest BCUT2D eigenvalue weighted by atomic mass is 32.1. The first-order valence-electron chi connectivity index (χ1n) is 18.7.